The number of phenols is 1. The highest BCUT2D eigenvalue weighted by atomic mass is 16.5. The molecular formula is C19H26N2O4. The molecule has 1 aromatic rings. The van der Waals surface area contributed by atoms with E-state index in [9.17, 15) is 14.7 Å². The number of benzene rings is 1. The van der Waals surface area contributed by atoms with Crippen molar-refractivity contribution in [3.8, 4) is 5.75 Å². The van der Waals surface area contributed by atoms with E-state index in [4.69, 9.17) is 4.74 Å². The van der Waals surface area contributed by atoms with E-state index in [1.165, 1.54) is 6.92 Å². The molecule has 25 heavy (non-hydrogen) atoms. The van der Waals surface area contributed by atoms with Gasteiger partial charge in [0.25, 0.3) is 5.91 Å². The molecule has 0 spiro atoms. The number of rotatable bonds is 3. The van der Waals surface area contributed by atoms with Gasteiger partial charge in [-0.2, -0.15) is 0 Å². The number of methoxy groups -OCH3 is 1. The Morgan fingerprint density at radius 1 is 1.24 bits per heavy atom. The molecule has 1 aliphatic carbocycles. The molecule has 1 heterocycles. The van der Waals surface area contributed by atoms with Crippen LogP contribution in [0.15, 0.2) is 18.2 Å². The average Bonchev–Trinajstić information content (AvgIpc) is 2.95. The maximum absolute atomic E-state index is 12.9. The van der Waals surface area contributed by atoms with Crippen molar-refractivity contribution in [3.63, 3.8) is 0 Å². The molecular weight excluding hydrogens is 320 g/mol. The smallest absolute Gasteiger partial charge is 0.254 e. The number of carbonyl (C=O) groups excluding carboxylic acids is 2. The van der Waals surface area contributed by atoms with E-state index in [1.807, 2.05) is 11.8 Å². The van der Waals surface area contributed by atoms with Crippen LogP contribution < -0.4 is 5.32 Å². The zero-order valence-corrected chi connectivity index (χ0v) is 15.0. The number of nitrogens with one attached hydrogen (secondary N) is 1. The van der Waals surface area contributed by atoms with Crippen molar-refractivity contribution in [1.29, 1.82) is 0 Å². The van der Waals surface area contributed by atoms with Gasteiger partial charge >= 0.3 is 0 Å². The molecule has 0 bridgehead atoms. The SMILES string of the molecule is CO[C@@H]1C[C@H]2CN(C(=O)c3ccc(O)cc3C)C[C@H]2C[C@H]1NC(C)=O. The summed E-state index contributed by atoms with van der Waals surface area (Å²) in [6, 6.07) is 4.86. The molecule has 1 saturated carbocycles. The Morgan fingerprint density at radius 2 is 1.92 bits per heavy atom. The second-order valence-electron chi connectivity index (χ2n) is 7.28. The summed E-state index contributed by atoms with van der Waals surface area (Å²) in [6.07, 6.45) is 1.68. The van der Waals surface area contributed by atoms with Gasteiger partial charge in [0.05, 0.1) is 12.1 Å². The topological polar surface area (TPSA) is 78.9 Å². The molecule has 2 fully saturated rings. The quantitative estimate of drug-likeness (QED) is 0.873. The molecule has 2 N–H and O–H groups in total. The highest BCUT2D eigenvalue weighted by Gasteiger charge is 2.44. The third-order valence-corrected chi connectivity index (χ3v) is 5.54. The van der Waals surface area contributed by atoms with Crippen LogP contribution in [0, 0.1) is 18.8 Å². The van der Waals surface area contributed by atoms with Crippen LogP contribution >= 0.6 is 0 Å². The Morgan fingerprint density at radius 3 is 2.52 bits per heavy atom. The minimum absolute atomic E-state index is 0.00406. The number of nitrogens with zero attached hydrogens (tertiary/aromatic N) is 1. The number of aromatic hydroxyl groups is 1. The number of aryl methyl sites for hydroxylation is 1. The van der Waals surface area contributed by atoms with Crippen LogP contribution in [0.1, 0.15) is 35.7 Å². The molecule has 0 radical (unpaired) electrons. The summed E-state index contributed by atoms with van der Waals surface area (Å²) < 4.78 is 5.58. The molecule has 6 nitrogen and oxygen atoms in total. The van der Waals surface area contributed by atoms with E-state index in [0.29, 0.717) is 23.9 Å². The second kappa shape index (κ2) is 7.04. The average molecular weight is 346 g/mol. The zero-order valence-electron chi connectivity index (χ0n) is 15.0. The number of carbonyl (C=O) groups is 2. The van der Waals surface area contributed by atoms with E-state index < -0.39 is 0 Å². The van der Waals surface area contributed by atoms with Crippen molar-refractivity contribution in [2.24, 2.45) is 11.8 Å². The van der Waals surface area contributed by atoms with Gasteiger partial charge in [-0.25, -0.2) is 0 Å². The summed E-state index contributed by atoms with van der Waals surface area (Å²) in [5.74, 6) is 0.916. The number of hydrogen-bond donors (Lipinski definition) is 2. The van der Waals surface area contributed by atoms with Crippen LogP contribution in [0.3, 0.4) is 0 Å². The van der Waals surface area contributed by atoms with Gasteiger partial charge in [0.1, 0.15) is 5.75 Å². The predicted octanol–water partition coefficient (Wildman–Crippen LogP) is 1.70. The third-order valence-electron chi connectivity index (χ3n) is 5.54. The Balaban J connectivity index is 1.72. The van der Waals surface area contributed by atoms with Crippen LogP contribution in [-0.2, 0) is 9.53 Å². The molecule has 4 atom stereocenters. The Bertz CT molecular complexity index is 675. The Labute approximate surface area is 148 Å². The van der Waals surface area contributed by atoms with Crippen LogP contribution in [0.4, 0.5) is 0 Å². The monoisotopic (exact) mass is 346 g/mol. The standard InChI is InChI=1S/C19H26N2O4/c1-11-6-15(23)4-5-16(11)19(24)21-9-13-7-17(20-12(2)22)18(25-3)8-14(13)10-21/h4-6,13-14,17-18,23H,7-10H2,1-3H3,(H,20,22)/t13-,14+,17-,18-/m1/s1. The largest absolute Gasteiger partial charge is 0.508 e. The highest BCUT2D eigenvalue weighted by molar-refractivity contribution is 5.96. The van der Waals surface area contributed by atoms with Crippen molar-refractivity contribution in [3.05, 3.63) is 29.3 Å². The van der Waals surface area contributed by atoms with E-state index in [-0.39, 0.29) is 29.7 Å². The normalized spacial score (nSPS) is 28.5. The number of amides is 2. The first-order chi connectivity index (χ1) is 11.9. The first kappa shape index (κ1) is 17.7. The summed E-state index contributed by atoms with van der Waals surface area (Å²) in [7, 11) is 1.68. The van der Waals surface area contributed by atoms with Crippen LogP contribution in [-0.4, -0.2) is 54.2 Å². The third kappa shape index (κ3) is 3.63. The zero-order chi connectivity index (χ0) is 18.1. The molecule has 1 saturated heterocycles. The molecule has 2 aliphatic rings. The lowest BCUT2D eigenvalue weighted by molar-refractivity contribution is -0.121. The predicted molar refractivity (Wildman–Crippen MR) is 93.4 cm³/mol. The summed E-state index contributed by atoms with van der Waals surface area (Å²) in [6.45, 7) is 4.79. The van der Waals surface area contributed by atoms with E-state index >= 15 is 0 Å². The fraction of sp³-hybridized carbons (Fsp3) is 0.579. The van der Waals surface area contributed by atoms with Gasteiger partial charge in [0.2, 0.25) is 5.91 Å². The number of phenolic OH excluding ortho intramolecular Hbond substituents is 1. The fourth-order valence-corrected chi connectivity index (χ4v) is 4.31. The lowest BCUT2D eigenvalue weighted by atomic mass is 9.77. The summed E-state index contributed by atoms with van der Waals surface area (Å²) in [5, 5.41) is 12.5. The molecule has 1 aliphatic heterocycles. The summed E-state index contributed by atoms with van der Waals surface area (Å²) in [5.41, 5.74) is 1.42. The lowest BCUT2D eigenvalue weighted by Crippen LogP contribution is -2.49. The van der Waals surface area contributed by atoms with Crippen LogP contribution in [0.25, 0.3) is 0 Å². The van der Waals surface area contributed by atoms with Crippen molar-refractivity contribution in [2.45, 2.75) is 38.8 Å². The number of hydrogen-bond acceptors (Lipinski definition) is 4. The van der Waals surface area contributed by atoms with Gasteiger partial charge in [-0.3, -0.25) is 9.59 Å². The maximum atomic E-state index is 12.9. The molecule has 3 rings (SSSR count). The number of likely N-dealkylation sites (tertiary alicyclic amines) is 1. The van der Waals surface area contributed by atoms with Crippen molar-refractivity contribution in [2.75, 3.05) is 20.2 Å². The Hall–Kier alpha value is -2.08. The minimum Gasteiger partial charge on any atom is -0.508 e. The van der Waals surface area contributed by atoms with Crippen molar-refractivity contribution < 1.29 is 19.4 Å². The first-order valence-electron chi connectivity index (χ1n) is 8.77. The van der Waals surface area contributed by atoms with Crippen LogP contribution in [0.2, 0.25) is 0 Å². The molecule has 6 heteroatoms. The van der Waals surface area contributed by atoms with E-state index in [2.05, 4.69) is 5.32 Å². The van der Waals surface area contributed by atoms with Gasteiger partial charge in [0.15, 0.2) is 0 Å². The van der Waals surface area contributed by atoms with E-state index in [1.54, 1.807) is 25.3 Å². The van der Waals surface area contributed by atoms with Gasteiger partial charge in [-0.15, -0.1) is 0 Å². The Kier molecular flexibility index (Phi) is 4.99. The molecule has 0 unspecified atom stereocenters. The van der Waals surface area contributed by atoms with Gasteiger partial charge in [-0.05, 0) is 55.4 Å². The maximum Gasteiger partial charge on any atom is 0.254 e. The molecule has 0 aromatic heterocycles. The summed E-state index contributed by atoms with van der Waals surface area (Å²) in [4.78, 5) is 26.2. The minimum atomic E-state index is -0.0452. The number of fused-ring (bicyclic) bond motifs is 1. The molecule has 2 amide bonds. The molecule has 1 aromatic carbocycles. The van der Waals surface area contributed by atoms with Gasteiger partial charge in [0, 0.05) is 32.7 Å². The fourth-order valence-electron chi connectivity index (χ4n) is 4.31. The highest BCUT2D eigenvalue weighted by Crippen LogP contribution is 2.38. The van der Waals surface area contributed by atoms with Crippen LogP contribution in [0.5, 0.6) is 5.75 Å². The van der Waals surface area contributed by atoms with Gasteiger partial charge < -0.3 is 20.1 Å². The van der Waals surface area contributed by atoms with Gasteiger partial charge in [-0.1, -0.05) is 0 Å². The van der Waals surface area contributed by atoms with E-state index in [0.717, 1.165) is 24.9 Å². The number of ether oxygens (including phenoxy) is 1. The summed E-state index contributed by atoms with van der Waals surface area (Å²) >= 11 is 0. The lowest BCUT2D eigenvalue weighted by Gasteiger charge is -2.37. The van der Waals surface area contributed by atoms with Crippen molar-refractivity contribution in [1.82, 2.24) is 10.2 Å². The second-order valence-corrected chi connectivity index (χ2v) is 7.28. The van der Waals surface area contributed by atoms with Crippen molar-refractivity contribution >= 4 is 11.8 Å². The first-order valence-corrected chi connectivity index (χ1v) is 8.77. The molecule has 136 valence electrons.